The number of sulfonamides is 1. The summed E-state index contributed by atoms with van der Waals surface area (Å²) in [6.45, 7) is 8.78. The number of nitrogens with zero attached hydrogens (tertiary/aromatic N) is 2. The number of benzene rings is 4. The van der Waals surface area contributed by atoms with Gasteiger partial charge in [-0.1, -0.05) is 79.2 Å². The van der Waals surface area contributed by atoms with E-state index in [0.29, 0.717) is 23.2 Å². The van der Waals surface area contributed by atoms with Crippen LogP contribution < -0.4 is 9.62 Å². The van der Waals surface area contributed by atoms with Crippen molar-refractivity contribution in [3.05, 3.63) is 131 Å². The Hall–Kier alpha value is -4.50. The first-order valence-electron chi connectivity index (χ1n) is 15.4. The zero-order chi connectivity index (χ0) is 33.4. The summed E-state index contributed by atoms with van der Waals surface area (Å²) < 4.78 is 43.5. The van der Waals surface area contributed by atoms with E-state index in [1.54, 1.807) is 37.3 Å². The highest BCUT2D eigenvalue weighted by Gasteiger charge is 2.35. The van der Waals surface area contributed by atoms with Crippen molar-refractivity contribution in [2.24, 2.45) is 0 Å². The Kier molecular flexibility index (Phi) is 11.4. The fourth-order valence-electron chi connectivity index (χ4n) is 5.12. The SMILES string of the molecule is CC[C@H](C)NC(=O)[C@H](Cc1ccccc1)N(Cc1ccc(F)cc1)C(=O)CN(c1cc(C)ccc1C)S(=O)(=O)c1ccc(C)cc1. The molecule has 0 bridgehead atoms. The summed E-state index contributed by atoms with van der Waals surface area (Å²) in [7, 11) is -4.21. The number of halogens is 1. The number of anilines is 1. The van der Waals surface area contributed by atoms with Crippen molar-refractivity contribution in [1.82, 2.24) is 10.2 Å². The van der Waals surface area contributed by atoms with Gasteiger partial charge in [-0.3, -0.25) is 13.9 Å². The van der Waals surface area contributed by atoms with Gasteiger partial charge in [0.1, 0.15) is 18.4 Å². The van der Waals surface area contributed by atoms with Gasteiger partial charge in [0.15, 0.2) is 0 Å². The van der Waals surface area contributed by atoms with Gasteiger partial charge >= 0.3 is 0 Å². The standard InChI is InChI=1S/C37H42FN3O4S/c1-6-29(5)39-37(43)35(23-30-10-8-7-9-11-30)40(24-31-16-18-32(38)19-17-31)36(42)25-41(34-22-27(3)12-15-28(34)4)46(44,45)33-20-13-26(2)14-21-33/h7-22,29,35H,6,23-25H2,1-5H3,(H,39,43)/t29-,35-/m0/s1. The minimum atomic E-state index is -4.21. The topological polar surface area (TPSA) is 86.8 Å². The Morgan fingerprint density at radius 3 is 2.09 bits per heavy atom. The monoisotopic (exact) mass is 643 g/mol. The van der Waals surface area contributed by atoms with Crippen LogP contribution in [-0.4, -0.2) is 43.8 Å². The average molecular weight is 644 g/mol. The molecule has 4 aromatic carbocycles. The van der Waals surface area contributed by atoms with Crippen molar-refractivity contribution in [2.45, 2.75) is 71.0 Å². The van der Waals surface area contributed by atoms with E-state index >= 15 is 0 Å². The van der Waals surface area contributed by atoms with E-state index in [-0.39, 0.29) is 29.8 Å². The highest BCUT2D eigenvalue weighted by Crippen LogP contribution is 2.29. The number of hydrogen-bond acceptors (Lipinski definition) is 4. The van der Waals surface area contributed by atoms with Crippen LogP contribution in [-0.2, 0) is 32.6 Å². The molecule has 0 aliphatic heterocycles. The van der Waals surface area contributed by atoms with Crippen LogP contribution in [0.5, 0.6) is 0 Å². The zero-order valence-electron chi connectivity index (χ0n) is 27.0. The van der Waals surface area contributed by atoms with E-state index in [2.05, 4.69) is 5.32 Å². The number of carbonyl (C=O) groups excluding carboxylic acids is 2. The average Bonchev–Trinajstić information content (AvgIpc) is 3.04. The van der Waals surface area contributed by atoms with E-state index in [0.717, 1.165) is 21.0 Å². The predicted molar refractivity (Wildman–Crippen MR) is 180 cm³/mol. The molecular weight excluding hydrogens is 601 g/mol. The van der Waals surface area contributed by atoms with Gasteiger partial charge in [0.05, 0.1) is 10.6 Å². The maximum Gasteiger partial charge on any atom is 0.264 e. The van der Waals surface area contributed by atoms with Crippen LogP contribution in [0.25, 0.3) is 0 Å². The van der Waals surface area contributed by atoms with Gasteiger partial charge in [-0.25, -0.2) is 12.8 Å². The van der Waals surface area contributed by atoms with E-state index < -0.39 is 34.3 Å². The van der Waals surface area contributed by atoms with Crippen molar-refractivity contribution < 1.29 is 22.4 Å². The molecule has 4 rings (SSSR count). The van der Waals surface area contributed by atoms with Gasteiger partial charge < -0.3 is 10.2 Å². The summed E-state index contributed by atoms with van der Waals surface area (Å²) in [6, 6.07) is 25.9. The number of carbonyl (C=O) groups is 2. The Morgan fingerprint density at radius 2 is 1.46 bits per heavy atom. The molecule has 0 fully saturated rings. The summed E-state index contributed by atoms with van der Waals surface area (Å²) in [5, 5.41) is 3.02. The Labute approximate surface area is 272 Å². The number of hydrogen-bond donors (Lipinski definition) is 1. The Balaban J connectivity index is 1.83. The van der Waals surface area contributed by atoms with Crippen LogP contribution >= 0.6 is 0 Å². The summed E-state index contributed by atoms with van der Waals surface area (Å²) in [6.07, 6.45) is 0.884. The van der Waals surface area contributed by atoms with Gasteiger partial charge in [-0.2, -0.15) is 0 Å². The fraction of sp³-hybridized carbons (Fsp3) is 0.297. The van der Waals surface area contributed by atoms with Crippen LogP contribution in [0.4, 0.5) is 10.1 Å². The third kappa shape index (κ3) is 8.60. The summed E-state index contributed by atoms with van der Waals surface area (Å²) >= 11 is 0. The molecular formula is C37H42FN3O4S. The molecule has 46 heavy (non-hydrogen) atoms. The van der Waals surface area contributed by atoms with Gasteiger partial charge in [-0.05, 0) is 86.7 Å². The molecule has 1 N–H and O–H groups in total. The smallest absolute Gasteiger partial charge is 0.264 e. The second-order valence-electron chi connectivity index (χ2n) is 11.8. The van der Waals surface area contributed by atoms with Gasteiger partial charge in [-0.15, -0.1) is 0 Å². The number of aryl methyl sites for hydroxylation is 3. The first-order valence-corrected chi connectivity index (χ1v) is 16.9. The third-order valence-electron chi connectivity index (χ3n) is 8.06. The Morgan fingerprint density at radius 1 is 0.826 bits per heavy atom. The van der Waals surface area contributed by atoms with Crippen LogP contribution in [0.1, 0.15) is 48.1 Å². The fourth-order valence-corrected chi connectivity index (χ4v) is 6.59. The minimum Gasteiger partial charge on any atom is -0.352 e. The van der Waals surface area contributed by atoms with Gasteiger partial charge in [0.2, 0.25) is 11.8 Å². The summed E-state index contributed by atoms with van der Waals surface area (Å²) in [5.41, 5.74) is 4.21. The Bertz CT molecular complexity index is 1740. The molecule has 7 nitrogen and oxygen atoms in total. The quantitative estimate of drug-likeness (QED) is 0.180. The molecule has 9 heteroatoms. The lowest BCUT2D eigenvalue weighted by atomic mass is 10.0. The molecule has 0 saturated carbocycles. The largest absolute Gasteiger partial charge is 0.352 e. The highest BCUT2D eigenvalue weighted by molar-refractivity contribution is 7.92. The van der Waals surface area contributed by atoms with Crippen LogP contribution in [0.2, 0.25) is 0 Å². The molecule has 0 aliphatic carbocycles. The molecule has 242 valence electrons. The molecule has 0 aliphatic rings. The lowest BCUT2D eigenvalue weighted by Crippen LogP contribution is -2.54. The van der Waals surface area contributed by atoms with E-state index in [9.17, 15) is 22.4 Å². The number of nitrogens with one attached hydrogen (secondary N) is 1. The van der Waals surface area contributed by atoms with Crippen LogP contribution in [0.3, 0.4) is 0 Å². The van der Waals surface area contributed by atoms with Crippen molar-refractivity contribution in [3.8, 4) is 0 Å². The molecule has 4 aromatic rings. The maximum atomic E-state index is 14.6. The summed E-state index contributed by atoms with van der Waals surface area (Å²) in [4.78, 5) is 30.0. The first kappa shape index (κ1) is 34.4. The lowest BCUT2D eigenvalue weighted by molar-refractivity contribution is -0.140. The van der Waals surface area contributed by atoms with Gasteiger partial charge in [0, 0.05) is 19.0 Å². The normalized spacial score (nSPS) is 12.7. The van der Waals surface area contributed by atoms with Crippen molar-refractivity contribution in [3.63, 3.8) is 0 Å². The predicted octanol–water partition coefficient (Wildman–Crippen LogP) is 6.50. The number of amides is 2. The second kappa shape index (κ2) is 15.2. The van der Waals surface area contributed by atoms with Crippen molar-refractivity contribution in [2.75, 3.05) is 10.8 Å². The van der Waals surface area contributed by atoms with Crippen molar-refractivity contribution >= 4 is 27.5 Å². The van der Waals surface area contributed by atoms with Crippen LogP contribution in [0.15, 0.2) is 102 Å². The molecule has 0 spiro atoms. The molecule has 0 radical (unpaired) electrons. The van der Waals surface area contributed by atoms with Gasteiger partial charge in [0.25, 0.3) is 10.0 Å². The molecule has 2 atom stereocenters. The summed E-state index contributed by atoms with van der Waals surface area (Å²) in [5.74, 6) is -1.35. The molecule has 0 unspecified atom stereocenters. The second-order valence-corrected chi connectivity index (χ2v) is 13.6. The third-order valence-corrected chi connectivity index (χ3v) is 9.83. The first-order chi connectivity index (χ1) is 21.9. The molecule has 0 aromatic heterocycles. The molecule has 0 saturated heterocycles. The van der Waals surface area contributed by atoms with Crippen LogP contribution in [0, 0.1) is 26.6 Å². The number of rotatable bonds is 13. The highest BCUT2D eigenvalue weighted by atomic mass is 32.2. The van der Waals surface area contributed by atoms with E-state index in [1.807, 2.05) is 70.2 Å². The molecule has 2 amide bonds. The van der Waals surface area contributed by atoms with Crippen molar-refractivity contribution in [1.29, 1.82) is 0 Å². The zero-order valence-corrected chi connectivity index (χ0v) is 27.9. The lowest BCUT2D eigenvalue weighted by Gasteiger charge is -2.34. The van der Waals surface area contributed by atoms with E-state index in [1.165, 1.54) is 29.2 Å². The maximum absolute atomic E-state index is 14.6. The van der Waals surface area contributed by atoms with E-state index in [4.69, 9.17) is 0 Å². The molecule has 0 heterocycles. The minimum absolute atomic E-state index is 0.0320.